The van der Waals surface area contributed by atoms with Gasteiger partial charge in [0.2, 0.25) is 0 Å². The molecule has 0 aliphatic carbocycles. The normalized spacial score (nSPS) is 12.9. The molecule has 3 aromatic carbocycles. The minimum atomic E-state index is -4.46. The highest BCUT2D eigenvalue weighted by molar-refractivity contribution is 7.91. The number of rotatable bonds is 9. The second-order valence-electron chi connectivity index (χ2n) is 8.65. The van der Waals surface area contributed by atoms with Crippen LogP contribution in [0.5, 0.6) is 11.8 Å². The molecule has 39 heavy (non-hydrogen) atoms. The number of hydrogen-bond donors (Lipinski definition) is 2. The second-order valence-corrected chi connectivity index (χ2v) is 10.9. The summed E-state index contributed by atoms with van der Waals surface area (Å²) in [6.07, 6.45) is -4.46. The maximum Gasteiger partial charge on any atom is 0.416 e. The maximum atomic E-state index is 13.0. The third-order valence-electron chi connectivity index (χ3n) is 6.19. The fourth-order valence-electron chi connectivity index (χ4n) is 4.00. The number of aliphatic hydroxyl groups excluding tert-OH is 1. The first-order valence-corrected chi connectivity index (χ1v) is 13.7. The number of amides is 1. The van der Waals surface area contributed by atoms with Gasteiger partial charge >= 0.3 is 12.2 Å². The first-order chi connectivity index (χ1) is 18.5. The Balaban J connectivity index is 1.54. The smallest absolute Gasteiger partial charge is 0.416 e. The predicted octanol–water partition coefficient (Wildman–Crippen LogP) is 5.12. The molecule has 0 fully saturated rings. The number of carbonyl (C=O) groups is 1. The highest BCUT2D eigenvalue weighted by atomic mass is 32.2. The van der Waals surface area contributed by atoms with Crippen LogP contribution >= 0.6 is 0 Å². The van der Waals surface area contributed by atoms with Gasteiger partial charge in [0.05, 0.1) is 39.9 Å². The van der Waals surface area contributed by atoms with Gasteiger partial charge < -0.3 is 15.2 Å². The van der Waals surface area contributed by atoms with E-state index in [1.54, 1.807) is 41.8 Å². The summed E-state index contributed by atoms with van der Waals surface area (Å²) >= 11 is 0. The van der Waals surface area contributed by atoms with E-state index in [1.165, 1.54) is 24.3 Å². The minimum Gasteiger partial charge on any atom is -0.425 e. The first kappa shape index (κ1) is 28.1. The minimum absolute atomic E-state index is 0.0418. The van der Waals surface area contributed by atoms with E-state index in [9.17, 15) is 31.5 Å². The zero-order valence-electron chi connectivity index (χ0n) is 21.1. The summed E-state index contributed by atoms with van der Waals surface area (Å²) in [5, 5.41) is 12.6. The van der Waals surface area contributed by atoms with Crippen LogP contribution in [-0.4, -0.2) is 41.3 Å². The Bertz CT molecular complexity index is 1580. The standard InChI is InChI=1S/C27H26F3N3O5S/c1-3-33-24-14-7-18(15-22(24)32-26(33)38-20-10-8-19(9-11-20)27(28,29)30)25(35)31-23(16-34)17-5-12-21(13-6-17)39(36,37)4-2/h5-15,23,34H,3-4,16H2,1-2H3,(H,31,35). The summed E-state index contributed by atoms with van der Waals surface area (Å²) in [7, 11) is -3.38. The van der Waals surface area contributed by atoms with E-state index in [4.69, 9.17) is 4.74 Å². The first-order valence-electron chi connectivity index (χ1n) is 12.1. The fourth-order valence-corrected chi connectivity index (χ4v) is 4.88. The Morgan fingerprint density at radius 1 is 1.05 bits per heavy atom. The van der Waals surface area contributed by atoms with Crippen LogP contribution in [0.2, 0.25) is 0 Å². The number of sulfone groups is 1. The monoisotopic (exact) mass is 561 g/mol. The van der Waals surface area contributed by atoms with E-state index in [-0.39, 0.29) is 28.0 Å². The molecule has 206 valence electrons. The summed E-state index contributed by atoms with van der Waals surface area (Å²) in [5.74, 6) is -0.355. The van der Waals surface area contributed by atoms with Crippen molar-refractivity contribution in [3.8, 4) is 11.8 Å². The lowest BCUT2D eigenvalue weighted by Crippen LogP contribution is -2.30. The Morgan fingerprint density at radius 3 is 2.28 bits per heavy atom. The molecular weight excluding hydrogens is 535 g/mol. The van der Waals surface area contributed by atoms with Crippen molar-refractivity contribution in [3.63, 3.8) is 0 Å². The lowest BCUT2D eigenvalue weighted by atomic mass is 10.1. The molecule has 0 aliphatic heterocycles. The van der Waals surface area contributed by atoms with Gasteiger partial charge in [-0.3, -0.25) is 9.36 Å². The second kappa shape index (κ2) is 11.1. The molecule has 1 aromatic heterocycles. The lowest BCUT2D eigenvalue weighted by Gasteiger charge is -2.17. The molecule has 0 saturated carbocycles. The molecule has 4 aromatic rings. The third kappa shape index (κ3) is 6.07. The highest BCUT2D eigenvalue weighted by Crippen LogP contribution is 2.32. The zero-order valence-corrected chi connectivity index (χ0v) is 21.9. The molecular formula is C27H26F3N3O5S. The van der Waals surface area contributed by atoms with Crippen molar-refractivity contribution in [2.75, 3.05) is 12.4 Å². The van der Waals surface area contributed by atoms with Crippen LogP contribution in [0.4, 0.5) is 13.2 Å². The van der Waals surface area contributed by atoms with E-state index >= 15 is 0 Å². The van der Waals surface area contributed by atoms with Gasteiger partial charge in [0.15, 0.2) is 9.84 Å². The zero-order chi connectivity index (χ0) is 28.4. The molecule has 1 atom stereocenters. The average molecular weight is 562 g/mol. The van der Waals surface area contributed by atoms with Crippen molar-refractivity contribution in [3.05, 3.63) is 83.4 Å². The van der Waals surface area contributed by atoms with Gasteiger partial charge in [0, 0.05) is 12.1 Å². The number of benzene rings is 3. The molecule has 0 spiro atoms. The Labute approximate surface area is 223 Å². The number of aromatic nitrogens is 2. The fraction of sp³-hybridized carbons (Fsp3) is 0.259. The molecule has 8 nitrogen and oxygen atoms in total. The molecule has 0 bridgehead atoms. The lowest BCUT2D eigenvalue weighted by molar-refractivity contribution is -0.137. The number of halogens is 3. The number of alkyl halides is 3. The largest absolute Gasteiger partial charge is 0.425 e. The van der Waals surface area contributed by atoms with Gasteiger partial charge in [-0.05, 0) is 67.1 Å². The topological polar surface area (TPSA) is 111 Å². The Kier molecular flexibility index (Phi) is 7.98. The van der Waals surface area contributed by atoms with E-state index in [2.05, 4.69) is 10.3 Å². The number of aryl methyl sites for hydroxylation is 1. The molecule has 0 aliphatic rings. The van der Waals surface area contributed by atoms with Crippen LogP contribution in [-0.2, 0) is 22.6 Å². The summed E-state index contributed by atoms with van der Waals surface area (Å²) in [6.45, 7) is 3.44. The van der Waals surface area contributed by atoms with E-state index in [0.717, 1.165) is 12.1 Å². The average Bonchev–Trinajstić information content (AvgIpc) is 3.27. The maximum absolute atomic E-state index is 13.0. The van der Waals surface area contributed by atoms with Gasteiger partial charge in [-0.1, -0.05) is 19.1 Å². The van der Waals surface area contributed by atoms with Crippen LogP contribution in [0, 0.1) is 0 Å². The van der Waals surface area contributed by atoms with E-state index in [0.29, 0.717) is 23.1 Å². The van der Waals surface area contributed by atoms with Crippen molar-refractivity contribution >= 4 is 26.8 Å². The Hall–Kier alpha value is -3.90. The van der Waals surface area contributed by atoms with Crippen molar-refractivity contribution in [1.29, 1.82) is 0 Å². The molecule has 1 unspecified atom stereocenters. The number of ether oxygens (including phenoxy) is 1. The highest BCUT2D eigenvalue weighted by Gasteiger charge is 2.30. The number of aliphatic hydroxyl groups is 1. The predicted molar refractivity (Wildman–Crippen MR) is 138 cm³/mol. The van der Waals surface area contributed by atoms with E-state index in [1.807, 2.05) is 6.92 Å². The van der Waals surface area contributed by atoms with Gasteiger partial charge in [0.1, 0.15) is 5.75 Å². The van der Waals surface area contributed by atoms with Crippen molar-refractivity contribution < 1.29 is 36.2 Å². The van der Waals surface area contributed by atoms with Gasteiger partial charge in [0.25, 0.3) is 5.91 Å². The summed E-state index contributed by atoms with van der Waals surface area (Å²) < 4.78 is 70.1. The SMILES string of the molecule is CCn1c(Oc2ccc(C(F)(F)F)cc2)nc2cc(C(=O)NC(CO)c3ccc(S(=O)(=O)CC)cc3)ccc21. The molecule has 0 saturated heterocycles. The number of hydrogen-bond acceptors (Lipinski definition) is 6. The summed E-state index contributed by atoms with van der Waals surface area (Å²) in [5.41, 5.74) is 1.08. The van der Waals surface area contributed by atoms with Crippen LogP contribution in [0.25, 0.3) is 11.0 Å². The molecule has 1 heterocycles. The number of nitrogens with one attached hydrogen (secondary N) is 1. The van der Waals surface area contributed by atoms with Crippen molar-refractivity contribution in [1.82, 2.24) is 14.9 Å². The molecule has 12 heteroatoms. The summed E-state index contributed by atoms with van der Waals surface area (Å²) in [4.78, 5) is 17.6. The van der Waals surface area contributed by atoms with Crippen LogP contribution < -0.4 is 10.1 Å². The van der Waals surface area contributed by atoms with Crippen LogP contribution in [0.1, 0.15) is 41.4 Å². The summed E-state index contributed by atoms with van der Waals surface area (Å²) in [6, 6.07) is 14.4. The Morgan fingerprint density at radius 2 is 1.72 bits per heavy atom. The van der Waals surface area contributed by atoms with Crippen molar-refractivity contribution in [2.45, 2.75) is 37.5 Å². The molecule has 4 rings (SSSR count). The van der Waals surface area contributed by atoms with Gasteiger partial charge in [-0.15, -0.1) is 0 Å². The number of carbonyl (C=O) groups excluding carboxylic acids is 1. The van der Waals surface area contributed by atoms with E-state index < -0.39 is 40.1 Å². The number of nitrogens with zero attached hydrogens (tertiary/aromatic N) is 2. The molecule has 2 N–H and O–H groups in total. The van der Waals surface area contributed by atoms with Gasteiger partial charge in [-0.25, -0.2) is 8.42 Å². The third-order valence-corrected chi connectivity index (χ3v) is 7.94. The molecule has 0 radical (unpaired) electrons. The van der Waals surface area contributed by atoms with Gasteiger partial charge in [-0.2, -0.15) is 18.2 Å². The number of fused-ring (bicyclic) bond motifs is 1. The van der Waals surface area contributed by atoms with Crippen molar-refractivity contribution in [2.24, 2.45) is 0 Å². The number of imidazole rings is 1. The van der Waals surface area contributed by atoms with Crippen LogP contribution in [0.15, 0.2) is 71.6 Å². The molecule has 1 amide bonds. The quantitative estimate of drug-likeness (QED) is 0.293. The van der Waals surface area contributed by atoms with Crippen LogP contribution in [0.3, 0.4) is 0 Å².